The zero-order valence-electron chi connectivity index (χ0n) is 15.0. The van der Waals surface area contributed by atoms with Crippen molar-refractivity contribution in [3.8, 4) is 0 Å². The standard InChI is InChI=1S/C23H14F3NO2/c24-23(25,26)17-13-7-8-14-18(17)27-21(28)19(15-9-3-1-4-10-15)20(22(27)29)16-11-5-2-6-12-16/h1-14H. The number of imide groups is 1. The number of para-hydroxylation sites is 1. The van der Waals surface area contributed by atoms with Crippen molar-refractivity contribution in [2.45, 2.75) is 6.18 Å². The van der Waals surface area contributed by atoms with Gasteiger partial charge in [-0.2, -0.15) is 13.2 Å². The third-order valence-electron chi connectivity index (χ3n) is 4.66. The van der Waals surface area contributed by atoms with Crippen LogP contribution in [0.2, 0.25) is 0 Å². The molecule has 0 aliphatic carbocycles. The zero-order valence-corrected chi connectivity index (χ0v) is 15.0. The maximum Gasteiger partial charge on any atom is 0.418 e. The van der Waals surface area contributed by atoms with Crippen molar-refractivity contribution in [3.63, 3.8) is 0 Å². The van der Waals surface area contributed by atoms with Gasteiger partial charge in [-0.25, -0.2) is 4.90 Å². The first-order valence-corrected chi connectivity index (χ1v) is 8.79. The summed E-state index contributed by atoms with van der Waals surface area (Å²) in [6.45, 7) is 0. The molecule has 0 fully saturated rings. The van der Waals surface area contributed by atoms with Crippen molar-refractivity contribution < 1.29 is 22.8 Å². The van der Waals surface area contributed by atoms with Gasteiger partial charge in [-0.05, 0) is 23.3 Å². The summed E-state index contributed by atoms with van der Waals surface area (Å²) >= 11 is 0. The lowest BCUT2D eigenvalue weighted by molar-refractivity contribution is -0.137. The monoisotopic (exact) mass is 393 g/mol. The van der Waals surface area contributed by atoms with Crippen LogP contribution in [0.5, 0.6) is 0 Å². The number of nitrogens with zero attached hydrogens (tertiary/aromatic N) is 1. The van der Waals surface area contributed by atoms with E-state index in [-0.39, 0.29) is 11.1 Å². The zero-order chi connectivity index (χ0) is 20.6. The minimum absolute atomic E-state index is 0.0822. The number of alkyl halides is 3. The number of carbonyl (C=O) groups excluding carboxylic acids is 2. The molecule has 0 unspecified atom stereocenters. The third kappa shape index (κ3) is 3.23. The van der Waals surface area contributed by atoms with Crippen molar-refractivity contribution in [1.82, 2.24) is 0 Å². The lowest BCUT2D eigenvalue weighted by Crippen LogP contribution is -2.33. The van der Waals surface area contributed by atoms with Crippen LogP contribution < -0.4 is 4.90 Å². The number of hydrogen-bond acceptors (Lipinski definition) is 2. The van der Waals surface area contributed by atoms with Gasteiger partial charge in [0.15, 0.2) is 0 Å². The Balaban J connectivity index is 1.94. The molecule has 2 amide bonds. The van der Waals surface area contributed by atoms with Gasteiger partial charge in [0.1, 0.15) is 0 Å². The first kappa shape index (κ1) is 18.7. The summed E-state index contributed by atoms with van der Waals surface area (Å²) in [5.41, 5.74) is -0.413. The highest BCUT2D eigenvalue weighted by molar-refractivity contribution is 6.57. The van der Waals surface area contributed by atoms with E-state index in [1.807, 2.05) is 0 Å². The van der Waals surface area contributed by atoms with Crippen LogP contribution in [0.3, 0.4) is 0 Å². The van der Waals surface area contributed by atoms with Gasteiger partial charge >= 0.3 is 6.18 Å². The summed E-state index contributed by atoms with van der Waals surface area (Å²) in [6, 6.07) is 21.5. The second-order valence-electron chi connectivity index (χ2n) is 6.44. The van der Waals surface area contributed by atoms with Gasteiger partial charge in [0.2, 0.25) is 0 Å². The van der Waals surface area contributed by atoms with Gasteiger partial charge < -0.3 is 0 Å². The Morgan fingerprint density at radius 3 is 1.45 bits per heavy atom. The van der Waals surface area contributed by atoms with E-state index in [1.54, 1.807) is 60.7 Å². The molecule has 0 spiro atoms. The molecule has 3 aromatic carbocycles. The number of anilines is 1. The van der Waals surface area contributed by atoms with Crippen LogP contribution in [-0.2, 0) is 15.8 Å². The molecule has 3 aromatic rings. The van der Waals surface area contributed by atoms with E-state index in [9.17, 15) is 22.8 Å². The largest absolute Gasteiger partial charge is 0.418 e. The molecule has 0 radical (unpaired) electrons. The fraction of sp³-hybridized carbons (Fsp3) is 0.0435. The summed E-state index contributed by atoms with van der Waals surface area (Å²) in [7, 11) is 0. The molecule has 1 heterocycles. The molecule has 0 bridgehead atoms. The summed E-state index contributed by atoms with van der Waals surface area (Å²) in [6.07, 6.45) is -4.71. The average molecular weight is 393 g/mol. The number of halogens is 3. The van der Waals surface area contributed by atoms with Crippen LogP contribution >= 0.6 is 0 Å². The highest BCUT2D eigenvalue weighted by Gasteiger charge is 2.44. The molecule has 4 rings (SSSR count). The predicted molar refractivity (Wildman–Crippen MR) is 104 cm³/mol. The van der Waals surface area contributed by atoms with Crippen LogP contribution in [0.15, 0.2) is 84.9 Å². The second kappa shape index (κ2) is 7.05. The van der Waals surface area contributed by atoms with E-state index in [1.165, 1.54) is 12.1 Å². The molecule has 29 heavy (non-hydrogen) atoms. The van der Waals surface area contributed by atoms with E-state index in [4.69, 9.17) is 0 Å². The molecule has 0 saturated heterocycles. The molecule has 0 saturated carbocycles. The van der Waals surface area contributed by atoms with Crippen molar-refractivity contribution in [1.29, 1.82) is 0 Å². The second-order valence-corrected chi connectivity index (χ2v) is 6.44. The summed E-state index contributed by atoms with van der Waals surface area (Å²) in [5, 5.41) is 0. The Morgan fingerprint density at radius 1 is 0.586 bits per heavy atom. The number of benzene rings is 3. The molecular formula is C23H14F3NO2. The molecule has 3 nitrogen and oxygen atoms in total. The Hall–Kier alpha value is -3.67. The molecule has 1 aliphatic heterocycles. The van der Waals surface area contributed by atoms with Crippen molar-refractivity contribution in [2.75, 3.05) is 4.90 Å². The fourth-order valence-electron chi connectivity index (χ4n) is 3.40. The minimum Gasteiger partial charge on any atom is -0.268 e. The SMILES string of the molecule is O=C1C(c2ccccc2)=C(c2ccccc2)C(=O)N1c1ccccc1C(F)(F)F. The molecule has 6 heteroatoms. The van der Waals surface area contributed by atoms with E-state index in [0.717, 1.165) is 12.1 Å². The lowest BCUT2D eigenvalue weighted by atomic mass is 9.96. The van der Waals surface area contributed by atoms with Crippen molar-refractivity contribution >= 4 is 28.6 Å². The van der Waals surface area contributed by atoms with Crippen molar-refractivity contribution in [2.24, 2.45) is 0 Å². The van der Waals surface area contributed by atoms with Gasteiger partial charge in [0.05, 0.1) is 22.4 Å². The van der Waals surface area contributed by atoms with Gasteiger partial charge in [-0.1, -0.05) is 72.8 Å². The third-order valence-corrected chi connectivity index (χ3v) is 4.66. The number of amides is 2. The molecule has 1 aliphatic rings. The normalized spacial score (nSPS) is 14.7. The lowest BCUT2D eigenvalue weighted by Gasteiger charge is -2.20. The Bertz CT molecular complexity index is 1060. The molecular weight excluding hydrogens is 379 g/mol. The van der Waals surface area contributed by atoms with Crippen LogP contribution in [0.4, 0.5) is 18.9 Å². The molecule has 0 N–H and O–H groups in total. The maximum atomic E-state index is 13.5. The number of carbonyl (C=O) groups is 2. The fourth-order valence-corrected chi connectivity index (χ4v) is 3.40. The quantitative estimate of drug-likeness (QED) is 0.575. The van der Waals surface area contributed by atoms with Gasteiger partial charge in [-0.15, -0.1) is 0 Å². The predicted octanol–water partition coefficient (Wildman–Crippen LogP) is 5.19. The number of hydrogen-bond donors (Lipinski definition) is 0. The van der Waals surface area contributed by atoms with Crippen LogP contribution in [0.1, 0.15) is 16.7 Å². The highest BCUT2D eigenvalue weighted by atomic mass is 19.4. The maximum absolute atomic E-state index is 13.5. The summed E-state index contributed by atoms with van der Waals surface area (Å²) in [5.74, 6) is -1.56. The van der Waals surface area contributed by atoms with E-state index < -0.39 is 29.2 Å². The van der Waals surface area contributed by atoms with Crippen LogP contribution in [0, 0.1) is 0 Å². The minimum atomic E-state index is -4.71. The average Bonchev–Trinajstić information content (AvgIpc) is 2.98. The Morgan fingerprint density at radius 2 is 1.00 bits per heavy atom. The highest BCUT2D eigenvalue weighted by Crippen LogP contribution is 2.42. The first-order chi connectivity index (χ1) is 13.9. The van der Waals surface area contributed by atoms with E-state index in [0.29, 0.717) is 16.0 Å². The van der Waals surface area contributed by atoms with E-state index >= 15 is 0 Å². The van der Waals surface area contributed by atoms with E-state index in [2.05, 4.69) is 0 Å². The van der Waals surface area contributed by atoms with Crippen LogP contribution in [-0.4, -0.2) is 11.8 Å². The molecule has 0 atom stereocenters. The molecule has 0 aromatic heterocycles. The Labute approximate surface area is 164 Å². The van der Waals surface area contributed by atoms with Crippen molar-refractivity contribution in [3.05, 3.63) is 102 Å². The summed E-state index contributed by atoms with van der Waals surface area (Å²) in [4.78, 5) is 27.1. The van der Waals surface area contributed by atoms with Gasteiger partial charge in [0.25, 0.3) is 11.8 Å². The first-order valence-electron chi connectivity index (χ1n) is 8.79. The Kier molecular flexibility index (Phi) is 4.54. The summed E-state index contributed by atoms with van der Waals surface area (Å²) < 4.78 is 40.6. The topological polar surface area (TPSA) is 37.4 Å². The van der Waals surface area contributed by atoms with Gasteiger partial charge in [0, 0.05) is 0 Å². The molecule has 144 valence electrons. The smallest absolute Gasteiger partial charge is 0.268 e. The number of rotatable bonds is 3. The van der Waals surface area contributed by atoms with Gasteiger partial charge in [-0.3, -0.25) is 9.59 Å². The van der Waals surface area contributed by atoms with Crippen LogP contribution in [0.25, 0.3) is 11.1 Å².